The number of aromatic nitrogens is 1. The summed E-state index contributed by atoms with van der Waals surface area (Å²) in [5.74, 6) is 0. The zero-order chi connectivity index (χ0) is 16.7. The molecule has 0 spiro atoms. The molecule has 120 valence electrons. The lowest BCUT2D eigenvalue weighted by Crippen LogP contribution is -2.36. The molecule has 0 aliphatic rings. The number of nitrogens with two attached hydrogens (primary N) is 1. The van der Waals surface area contributed by atoms with Gasteiger partial charge in [0.15, 0.2) is 0 Å². The Labute approximate surface area is 134 Å². The van der Waals surface area contributed by atoms with E-state index in [1.165, 1.54) is 0 Å². The van der Waals surface area contributed by atoms with E-state index < -0.39 is 6.03 Å². The molecule has 1 atom stereocenters. The maximum atomic E-state index is 11.9. The van der Waals surface area contributed by atoms with Gasteiger partial charge in [-0.1, -0.05) is 18.2 Å². The number of pyridine rings is 1. The van der Waals surface area contributed by atoms with Gasteiger partial charge in [-0.25, -0.2) is 9.59 Å². The minimum atomic E-state index is -0.613. The molecule has 7 heteroatoms. The Kier molecular flexibility index (Phi) is 5.51. The van der Waals surface area contributed by atoms with Crippen molar-refractivity contribution in [1.29, 1.82) is 0 Å². The lowest BCUT2D eigenvalue weighted by Gasteiger charge is -2.15. The summed E-state index contributed by atoms with van der Waals surface area (Å²) in [5, 5.41) is 8.07. The molecule has 7 nitrogen and oxygen atoms in total. The summed E-state index contributed by atoms with van der Waals surface area (Å²) in [4.78, 5) is 26.8. The topological polar surface area (TPSA) is 109 Å². The number of amides is 4. The Morgan fingerprint density at radius 3 is 2.52 bits per heavy atom. The molecule has 0 aliphatic carbocycles. The summed E-state index contributed by atoms with van der Waals surface area (Å²) in [7, 11) is 0. The van der Waals surface area contributed by atoms with E-state index in [-0.39, 0.29) is 12.1 Å². The fourth-order valence-electron chi connectivity index (χ4n) is 2.00. The summed E-state index contributed by atoms with van der Waals surface area (Å²) in [6, 6.07) is 11.5. The van der Waals surface area contributed by atoms with E-state index in [9.17, 15) is 9.59 Å². The summed E-state index contributed by atoms with van der Waals surface area (Å²) >= 11 is 0. The first-order valence-electron chi connectivity index (χ1n) is 7.15. The highest BCUT2D eigenvalue weighted by molar-refractivity contribution is 5.87. The van der Waals surface area contributed by atoms with Crippen LogP contribution in [0, 0.1) is 0 Å². The maximum Gasteiger partial charge on any atom is 0.316 e. The molecule has 4 amide bonds. The Morgan fingerprint density at radius 1 is 1.17 bits per heavy atom. The van der Waals surface area contributed by atoms with Crippen LogP contribution in [0.25, 0.3) is 0 Å². The number of nitrogens with one attached hydrogen (secondary N) is 3. The zero-order valence-electron chi connectivity index (χ0n) is 12.7. The first-order chi connectivity index (χ1) is 11.0. The number of carbonyl (C=O) groups is 2. The van der Waals surface area contributed by atoms with E-state index in [2.05, 4.69) is 20.9 Å². The Morgan fingerprint density at radius 2 is 1.91 bits per heavy atom. The van der Waals surface area contributed by atoms with Crippen molar-refractivity contribution < 1.29 is 9.59 Å². The van der Waals surface area contributed by atoms with Crippen LogP contribution in [0.5, 0.6) is 0 Å². The molecule has 2 aromatic rings. The number of hydrogen-bond donors (Lipinski definition) is 4. The highest BCUT2D eigenvalue weighted by atomic mass is 16.2. The first-order valence-corrected chi connectivity index (χ1v) is 7.15. The van der Waals surface area contributed by atoms with Crippen molar-refractivity contribution >= 4 is 17.7 Å². The molecule has 2 rings (SSSR count). The average molecular weight is 313 g/mol. The second kappa shape index (κ2) is 7.79. The fourth-order valence-corrected chi connectivity index (χ4v) is 2.00. The molecule has 1 aromatic carbocycles. The second-order valence-electron chi connectivity index (χ2n) is 4.98. The van der Waals surface area contributed by atoms with E-state index in [4.69, 9.17) is 5.73 Å². The van der Waals surface area contributed by atoms with Crippen molar-refractivity contribution in [2.45, 2.75) is 19.5 Å². The Hall–Kier alpha value is -3.09. The van der Waals surface area contributed by atoms with Gasteiger partial charge in [-0.15, -0.1) is 0 Å². The summed E-state index contributed by atoms with van der Waals surface area (Å²) in [6.07, 6.45) is 1.68. The molecular formula is C16H19N5O2. The van der Waals surface area contributed by atoms with Gasteiger partial charge in [0.05, 0.1) is 18.3 Å². The maximum absolute atomic E-state index is 11.9. The van der Waals surface area contributed by atoms with Crippen LogP contribution in [-0.4, -0.2) is 17.0 Å². The van der Waals surface area contributed by atoms with E-state index in [0.29, 0.717) is 12.2 Å². The summed E-state index contributed by atoms with van der Waals surface area (Å²) in [5.41, 5.74) is 7.35. The number of anilines is 1. The average Bonchev–Trinajstić information content (AvgIpc) is 2.54. The van der Waals surface area contributed by atoms with Gasteiger partial charge in [0.2, 0.25) is 0 Å². The lowest BCUT2D eigenvalue weighted by atomic mass is 10.1. The van der Waals surface area contributed by atoms with E-state index >= 15 is 0 Å². The molecular weight excluding hydrogens is 294 g/mol. The second-order valence-corrected chi connectivity index (χ2v) is 4.98. The Balaban J connectivity index is 1.84. The van der Waals surface area contributed by atoms with Crippen LogP contribution in [0.15, 0.2) is 48.7 Å². The third-order valence-corrected chi connectivity index (χ3v) is 3.18. The molecule has 0 fully saturated rings. The van der Waals surface area contributed by atoms with Crippen LogP contribution in [0.1, 0.15) is 24.2 Å². The van der Waals surface area contributed by atoms with Crippen LogP contribution >= 0.6 is 0 Å². The molecule has 1 heterocycles. The van der Waals surface area contributed by atoms with Crippen LogP contribution in [0.4, 0.5) is 15.3 Å². The monoisotopic (exact) mass is 313 g/mol. The van der Waals surface area contributed by atoms with E-state index in [1.54, 1.807) is 18.3 Å². The smallest absolute Gasteiger partial charge is 0.316 e. The highest BCUT2D eigenvalue weighted by Crippen LogP contribution is 2.15. The molecule has 0 bridgehead atoms. The summed E-state index contributed by atoms with van der Waals surface area (Å²) < 4.78 is 0. The number of rotatable bonds is 5. The molecule has 0 aliphatic heterocycles. The molecule has 5 N–H and O–H groups in total. The van der Waals surface area contributed by atoms with Gasteiger partial charge in [-0.2, -0.15) is 0 Å². The van der Waals surface area contributed by atoms with Crippen LogP contribution in [0.3, 0.4) is 0 Å². The van der Waals surface area contributed by atoms with Crippen molar-refractivity contribution in [2.75, 3.05) is 5.32 Å². The molecule has 0 radical (unpaired) electrons. The van der Waals surface area contributed by atoms with Gasteiger partial charge in [-0.05, 0) is 36.8 Å². The zero-order valence-corrected chi connectivity index (χ0v) is 12.7. The van der Waals surface area contributed by atoms with Crippen LogP contribution in [-0.2, 0) is 6.54 Å². The molecule has 0 unspecified atom stereocenters. The van der Waals surface area contributed by atoms with E-state index in [1.807, 2.05) is 37.3 Å². The number of nitrogens with zero attached hydrogens (tertiary/aromatic N) is 1. The predicted molar refractivity (Wildman–Crippen MR) is 87.7 cm³/mol. The minimum Gasteiger partial charge on any atom is -0.351 e. The van der Waals surface area contributed by atoms with Crippen LogP contribution in [0.2, 0.25) is 0 Å². The third kappa shape index (κ3) is 5.31. The third-order valence-electron chi connectivity index (χ3n) is 3.18. The standard InChI is InChI=1S/C16H19N5O2/c1-11(12-5-7-13(8-6-12)21-15(17)22)20-16(23)19-10-14-4-2-3-9-18-14/h2-9,11H,10H2,1H3,(H3,17,21,22)(H2,19,20,23)/t11-/m0/s1. The molecule has 23 heavy (non-hydrogen) atoms. The number of benzene rings is 1. The van der Waals surface area contributed by atoms with Crippen LogP contribution < -0.4 is 21.7 Å². The van der Waals surface area contributed by atoms with Crippen molar-refractivity contribution in [2.24, 2.45) is 5.73 Å². The van der Waals surface area contributed by atoms with Gasteiger partial charge in [0, 0.05) is 11.9 Å². The number of carbonyl (C=O) groups excluding carboxylic acids is 2. The van der Waals surface area contributed by atoms with Gasteiger partial charge >= 0.3 is 12.1 Å². The fraction of sp³-hybridized carbons (Fsp3) is 0.188. The van der Waals surface area contributed by atoms with Crippen molar-refractivity contribution in [3.8, 4) is 0 Å². The normalized spacial score (nSPS) is 11.3. The SMILES string of the molecule is C[C@H](NC(=O)NCc1ccccn1)c1ccc(NC(N)=O)cc1. The largest absolute Gasteiger partial charge is 0.351 e. The molecule has 1 aromatic heterocycles. The van der Waals surface area contributed by atoms with Gasteiger partial charge < -0.3 is 21.7 Å². The first kappa shape index (κ1) is 16.3. The van der Waals surface area contributed by atoms with Gasteiger partial charge in [0.1, 0.15) is 0 Å². The number of hydrogen-bond acceptors (Lipinski definition) is 3. The van der Waals surface area contributed by atoms with Crippen molar-refractivity contribution in [3.05, 3.63) is 59.9 Å². The van der Waals surface area contributed by atoms with Gasteiger partial charge in [-0.3, -0.25) is 4.98 Å². The molecule has 0 saturated heterocycles. The number of urea groups is 2. The van der Waals surface area contributed by atoms with E-state index in [0.717, 1.165) is 11.3 Å². The Bertz CT molecular complexity index is 658. The quantitative estimate of drug-likeness (QED) is 0.679. The van der Waals surface area contributed by atoms with Gasteiger partial charge in [0.25, 0.3) is 0 Å². The van der Waals surface area contributed by atoms with Crippen molar-refractivity contribution in [3.63, 3.8) is 0 Å². The highest BCUT2D eigenvalue weighted by Gasteiger charge is 2.09. The minimum absolute atomic E-state index is 0.179. The number of primary amides is 1. The van der Waals surface area contributed by atoms with Crippen molar-refractivity contribution in [1.82, 2.24) is 15.6 Å². The predicted octanol–water partition coefficient (Wildman–Crippen LogP) is 2.13. The molecule has 0 saturated carbocycles. The lowest BCUT2D eigenvalue weighted by molar-refractivity contribution is 0.237. The summed E-state index contributed by atoms with van der Waals surface area (Å²) in [6.45, 7) is 2.23.